The molecule has 1 aromatic carbocycles. The van der Waals surface area contributed by atoms with E-state index >= 15 is 0 Å². The quantitative estimate of drug-likeness (QED) is 0.867. The van der Waals surface area contributed by atoms with Crippen LogP contribution in [0.1, 0.15) is 31.4 Å². The van der Waals surface area contributed by atoms with Crippen LogP contribution < -0.4 is 0 Å². The van der Waals surface area contributed by atoms with Gasteiger partial charge in [-0.1, -0.05) is 24.3 Å². The average Bonchev–Trinajstić information content (AvgIpc) is 2.35. The molecule has 0 amide bonds. The summed E-state index contributed by atoms with van der Waals surface area (Å²) in [7, 11) is 0. The Morgan fingerprint density at radius 1 is 1.29 bits per heavy atom. The minimum Gasteiger partial charge on any atom is -0.390 e. The molecule has 2 atom stereocenters. The van der Waals surface area contributed by atoms with Crippen molar-refractivity contribution in [3.8, 4) is 0 Å². The van der Waals surface area contributed by atoms with Crippen LogP contribution in [0.4, 0.5) is 0 Å². The highest BCUT2D eigenvalue weighted by atomic mass is 16.5. The van der Waals surface area contributed by atoms with Gasteiger partial charge in [0.2, 0.25) is 0 Å². The predicted octanol–water partition coefficient (Wildman–Crippen LogP) is 2.58. The lowest BCUT2D eigenvalue weighted by atomic mass is 9.81. The number of aliphatic hydroxyl groups is 1. The van der Waals surface area contributed by atoms with Crippen molar-refractivity contribution < 1.29 is 9.84 Å². The van der Waals surface area contributed by atoms with Crippen molar-refractivity contribution in [1.82, 2.24) is 0 Å². The van der Waals surface area contributed by atoms with Gasteiger partial charge < -0.3 is 9.84 Å². The zero-order valence-corrected chi connectivity index (χ0v) is 10.7. The molecule has 0 spiro atoms. The molecule has 0 aromatic heterocycles. The molecule has 1 aromatic rings. The Labute approximate surface area is 104 Å². The normalized spacial score (nSPS) is 21.3. The molecule has 0 saturated carbocycles. The molecule has 1 aliphatic carbocycles. The van der Waals surface area contributed by atoms with Gasteiger partial charge in [0.25, 0.3) is 0 Å². The number of fused-ring (bicyclic) bond motifs is 1. The van der Waals surface area contributed by atoms with E-state index in [4.69, 9.17) is 4.74 Å². The summed E-state index contributed by atoms with van der Waals surface area (Å²) in [4.78, 5) is 0. The Bertz CT molecular complexity index is 360. The van der Waals surface area contributed by atoms with Crippen molar-refractivity contribution in [2.75, 3.05) is 6.61 Å². The molecule has 0 fully saturated rings. The first-order valence-corrected chi connectivity index (χ1v) is 6.53. The SMILES string of the molecule is CC(C)OCC(O)C1CCc2ccccc2C1. The highest BCUT2D eigenvalue weighted by Gasteiger charge is 2.24. The molecule has 1 N–H and O–H groups in total. The van der Waals surface area contributed by atoms with Gasteiger partial charge in [0, 0.05) is 0 Å². The Kier molecular flexibility index (Phi) is 4.19. The summed E-state index contributed by atoms with van der Waals surface area (Å²) in [5.41, 5.74) is 2.84. The van der Waals surface area contributed by atoms with Gasteiger partial charge in [-0.25, -0.2) is 0 Å². The lowest BCUT2D eigenvalue weighted by Crippen LogP contribution is -2.31. The van der Waals surface area contributed by atoms with Crippen LogP contribution in [0.25, 0.3) is 0 Å². The van der Waals surface area contributed by atoms with Crippen molar-refractivity contribution in [2.24, 2.45) is 5.92 Å². The van der Waals surface area contributed by atoms with E-state index in [2.05, 4.69) is 24.3 Å². The Hall–Kier alpha value is -0.860. The van der Waals surface area contributed by atoms with Gasteiger partial charge in [0.05, 0.1) is 18.8 Å². The largest absolute Gasteiger partial charge is 0.390 e. The van der Waals surface area contributed by atoms with E-state index in [1.807, 2.05) is 13.8 Å². The highest BCUT2D eigenvalue weighted by molar-refractivity contribution is 5.29. The lowest BCUT2D eigenvalue weighted by Gasteiger charge is -2.28. The van der Waals surface area contributed by atoms with Crippen molar-refractivity contribution >= 4 is 0 Å². The number of hydrogen-bond donors (Lipinski definition) is 1. The fraction of sp³-hybridized carbons (Fsp3) is 0.600. The molecule has 2 unspecified atom stereocenters. The minimum atomic E-state index is -0.328. The van der Waals surface area contributed by atoms with Gasteiger partial charge in [-0.3, -0.25) is 0 Å². The fourth-order valence-electron chi connectivity index (χ4n) is 2.48. The summed E-state index contributed by atoms with van der Waals surface area (Å²) < 4.78 is 5.49. The van der Waals surface area contributed by atoms with Crippen LogP contribution in [0.15, 0.2) is 24.3 Å². The fourth-order valence-corrected chi connectivity index (χ4v) is 2.48. The molecule has 94 valence electrons. The van der Waals surface area contributed by atoms with E-state index < -0.39 is 0 Å². The third-order valence-corrected chi connectivity index (χ3v) is 3.53. The molecule has 0 bridgehead atoms. The molecule has 17 heavy (non-hydrogen) atoms. The molecule has 2 heteroatoms. The van der Waals surface area contributed by atoms with E-state index in [-0.39, 0.29) is 12.2 Å². The average molecular weight is 234 g/mol. The van der Waals surface area contributed by atoms with Crippen LogP contribution in [-0.2, 0) is 17.6 Å². The molecule has 0 saturated heterocycles. The topological polar surface area (TPSA) is 29.5 Å². The first-order valence-electron chi connectivity index (χ1n) is 6.53. The maximum Gasteiger partial charge on any atom is 0.0805 e. The van der Waals surface area contributed by atoms with E-state index in [9.17, 15) is 5.11 Å². The summed E-state index contributed by atoms with van der Waals surface area (Å²) >= 11 is 0. The maximum absolute atomic E-state index is 10.1. The Morgan fingerprint density at radius 3 is 2.71 bits per heavy atom. The zero-order valence-electron chi connectivity index (χ0n) is 10.7. The van der Waals surface area contributed by atoms with Crippen LogP contribution in [-0.4, -0.2) is 23.9 Å². The summed E-state index contributed by atoms with van der Waals surface area (Å²) in [5.74, 6) is 0.351. The number of benzene rings is 1. The number of ether oxygens (including phenoxy) is 1. The van der Waals surface area contributed by atoms with E-state index in [0.717, 1.165) is 19.3 Å². The predicted molar refractivity (Wildman–Crippen MR) is 69.1 cm³/mol. The van der Waals surface area contributed by atoms with Crippen LogP contribution in [0, 0.1) is 5.92 Å². The van der Waals surface area contributed by atoms with Crippen molar-refractivity contribution in [1.29, 1.82) is 0 Å². The molecule has 2 nitrogen and oxygen atoms in total. The molecule has 0 heterocycles. The second-order valence-corrected chi connectivity index (χ2v) is 5.22. The molecule has 2 rings (SSSR count). The van der Waals surface area contributed by atoms with Gasteiger partial charge in [-0.2, -0.15) is 0 Å². The summed E-state index contributed by atoms with van der Waals surface area (Å²) in [6.45, 7) is 4.47. The van der Waals surface area contributed by atoms with E-state index in [1.165, 1.54) is 11.1 Å². The van der Waals surface area contributed by atoms with Crippen LogP contribution in [0.2, 0.25) is 0 Å². The van der Waals surface area contributed by atoms with Gasteiger partial charge in [-0.05, 0) is 50.2 Å². The van der Waals surface area contributed by atoms with E-state index in [0.29, 0.717) is 12.5 Å². The van der Waals surface area contributed by atoms with Crippen LogP contribution >= 0.6 is 0 Å². The summed E-state index contributed by atoms with van der Waals surface area (Å²) in [6, 6.07) is 8.55. The third kappa shape index (κ3) is 3.30. The molecule has 1 aliphatic rings. The molecular formula is C15H22O2. The Balaban J connectivity index is 1.93. The molecule has 0 radical (unpaired) electrons. The van der Waals surface area contributed by atoms with Crippen LogP contribution in [0.5, 0.6) is 0 Å². The van der Waals surface area contributed by atoms with E-state index in [1.54, 1.807) is 0 Å². The maximum atomic E-state index is 10.1. The van der Waals surface area contributed by atoms with Gasteiger partial charge in [0.15, 0.2) is 0 Å². The second-order valence-electron chi connectivity index (χ2n) is 5.22. The van der Waals surface area contributed by atoms with Gasteiger partial charge >= 0.3 is 0 Å². The summed E-state index contributed by atoms with van der Waals surface area (Å²) in [5, 5.41) is 10.1. The summed E-state index contributed by atoms with van der Waals surface area (Å²) in [6.07, 6.45) is 3.00. The number of rotatable bonds is 4. The Morgan fingerprint density at radius 2 is 2.00 bits per heavy atom. The first kappa shape index (κ1) is 12.6. The van der Waals surface area contributed by atoms with Crippen molar-refractivity contribution in [3.05, 3.63) is 35.4 Å². The first-order chi connectivity index (χ1) is 8.16. The second kappa shape index (κ2) is 5.65. The third-order valence-electron chi connectivity index (χ3n) is 3.53. The standard InChI is InChI=1S/C15H22O2/c1-11(2)17-10-15(16)14-8-7-12-5-3-4-6-13(12)9-14/h3-6,11,14-16H,7-10H2,1-2H3. The monoisotopic (exact) mass is 234 g/mol. The zero-order chi connectivity index (χ0) is 12.3. The van der Waals surface area contributed by atoms with Gasteiger partial charge in [0.1, 0.15) is 0 Å². The molecule has 0 aliphatic heterocycles. The van der Waals surface area contributed by atoms with Gasteiger partial charge in [-0.15, -0.1) is 0 Å². The minimum absolute atomic E-state index is 0.195. The highest BCUT2D eigenvalue weighted by Crippen LogP contribution is 2.27. The van der Waals surface area contributed by atoms with Crippen LogP contribution in [0.3, 0.4) is 0 Å². The number of aryl methyl sites for hydroxylation is 1. The lowest BCUT2D eigenvalue weighted by molar-refractivity contribution is -0.0220. The van der Waals surface area contributed by atoms with Crippen molar-refractivity contribution in [2.45, 2.75) is 45.3 Å². The smallest absolute Gasteiger partial charge is 0.0805 e. The van der Waals surface area contributed by atoms with Crippen molar-refractivity contribution in [3.63, 3.8) is 0 Å². The number of hydrogen-bond acceptors (Lipinski definition) is 2. The molecular weight excluding hydrogens is 212 g/mol. The number of aliphatic hydroxyl groups excluding tert-OH is 1.